The first kappa shape index (κ1) is 11.7. The van der Waals surface area contributed by atoms with Gasteiger partial charge in [-0.15, -0.1) is 11.3 Å². The Bertz CT molecular complexity index is 656. The highest BCUT2D eigenvalue weighted by Gasteiger charge is 2.21. The molecule has 0 aliphatic heterocycles. The second kappa shape index (κ2) is 4.10. The van der Waals surface area contributed by atoms with Crippen LogP contribution in [0.2, 0.25) is 0 Å². The molecule has 1 heteroatoms. The lowest BCUT2D eigenvalue weighted by atomic mass is 9.95. The van der Waals surface area contributed by atoms with Gasteiger partial charge in [-0.2, -0.15) is 0 Å². The third-order valence-electron chi connectivity index (χ3n) is 3.69. The van der Waals surface area contributed by atoms with Gasteiger partial charge in [0.15, 0.2) is 0 Å². The first-order chi connectivity index (χ1) is 8.56. The normalized spacial score (nSPS) is 13.7. The second-order valence-electron chi connectivity index (χ2n) is 5.36. The predicted octanol–water partition coefficient (Wildman–Crippen LogP) is 5.30. The number of rotatable bonds is 1. The van der Waals surface area contributed by atoms with Gasteiger partial charge < -0.3 is 0 Å². The van der Waals surface area contributed by atoms with E-state index in [2.05, 4.69) is 52.0 Å². The summed E-state index contributed by atoms with van der Waals surface area (Å²) in [6, 6.07) is 6.76. The summed E-state index contributed by atoms with van der Waals surface area (Å²) in [4.78, 5) is 3.00. The number of thiophene rings is 1. The van der Waals surface area contributed by atoms with Gasteiger partial charge in [-0.3, -0.25) is 0 Å². The van der Waals surface area contributed by atoms with Crippen molar-refractivity contribution in [3.8, 4) is 11.1 Å². The molecule has 2 aromatic rings. The standard InChI is InChI=1S/C17H18S/c1-10-5-6-12(3)14(7-10)17-13(4)18-16-9-11(2)8-15(16)17/h5-8H,9H2,1-4H3. The van der Waals surface area contributed by atoms with Crippen molar-refractivity contribution in [3.05, 3.63) is 50.2 Å². The summed E-state index contributed by atoms with van der Waals surface area (Å²) in [5.41, 5.74) is 8.56. The van der Waals surface area contributed by atoms with Crippen molar-refractivity contribution in [2.75, 3.05) is 0 Å². The van der Waals surface area contributed by atoms with Crippen LogP contribution in [0.5, 0.6) is 0 Å². The quantitative estimate of drug-likeness (QED) is 0.648. The first-order valence-electron chi connectivity index (χ1n) is 6.43. The average Bonchev–Trinajstić information content (AvgIpc) is 2.77. The van der Waals surface area contributed by atoms with Crippen LogP contribution < -0.4 is 0 Å². The molecular formula is C17H18S. The lowest BCUT2D eigenvalue weighted by Gasteiger charge is -2.08. The van der Waals surface area contributed by atoms with E-state index in [1.165, 1.54) is 38.3 Å². The van der Waals surface area contributed by atoms with Gasteiger partial charge in [0.05, 0.1) is 0 Å². The van der Waals surface area contributed by atoms with Gasteiger partial charge in [-0.1, -0.05) is 35.4 Å². The Morgan fingerprint density at radius 2 is 1.83 bits per heavy atom. The summed E-state index contributed by atoms with van der Waals surface area (Å²) < 4.78 is 0. The number of benzene rings is 1. The minimum atomic E-state index is 1.14. The SMILES string of the molecule is CC1=Cc2c(sc(C)c2-c2cc(C)ccc2C)C1. The van der Waals surface area contributed by atoms with Crippen LogP contribution in [-0.4, -0.2) is 0 Å². The molecular weight excluding hydrogens is 236 g/mol. The maximum Gasteiger partial charge on any atom is 0.0167 e. The van der Waals surface area contributed by atoms with E-state index < -0.39 is 0 Å². The second-order valence-corrected chi connectivity index (χ2v) is 6.67. The summed E-state index contributed by atoms with van der Waals surface area (Å²) in [6.45, 7) is 8.87. The van der Waals surface area contributed by atoms with Crippen LogP contribution in [0.4, 0.5) is 0 Å². The number of fused-ring (bicyclic) bond motifs is 1. The van der Waals surface area contributed by atoms with Crippen LogP contribution in [0.15, 0.2) is 23.8 Å². The Balaban J connectivity index is 2.27. The fourth-order valence-electron chi connectivity index (χ4n) is 2.79. The highest BCUT2D eigenvalue weighted by atomic mass is 32.1. The van der Waals surface area contributed by atoms with E-state index in [0.29, 0.717) is 0 Å². The van der Waals surface area contributed by atoms with E-state index >= 15 is 0 Å². The number of aryl methyl sites for hydroxylation is 3. The Labute approximate surface area is 113 Å². The Morgan fingerprint density at radius 1 is 1.06 bits per heavy atom. The van der Waals surface area contributed by atoms with Crippen LogP contribution in [0, 0.1) is 20.8 Å². The highest BCUT2D eigenvalue weighted by molar-refractivity contribution is 7.12. The molecule has 0 spiro atoms. The van der Waals surface area contributed by atoms with E-state index in [4.69, 9.17) is 0 Å². The first-order valence-corrected chi connectivity index (χ1v) is 7.25. The fourth-order valence-corrected chi connectivity index (χ4v) is 4.06. The zero-order chi connectivity index (χ0) is 12.9. The van der Waals surface area contributed by atoms with Crippen molar-refractivity contribution in [2.24, 2.45) is 0 Å². The summed E-state index contributed by atoms with van der Waals surface area (Å²) in [5.74, 6) is 0. The lowest BCUT2D eigenvalue weighted by molar-refractivity contribution is 1.24. The monoisotopic (exact) mass is 254 g/mol. The molecule has 18 heavy (non-hydrogen) atoms. The van der Waals surface area contributed by atoms with Gasteiger partial charge in [-0.05, 0) is 44.4 Å². The molecule has 0 atom stereocenters. The predicted molar refractivity (Wildman–Crippen MR) is 81.3 cm³/mol. The van der Waals surface area contributed by atoms with E-state index in [-0.39, 0.29) is 0 Å². The summed E-state index contributed by atoms with van der Waals surface area (Å²) in [6.07, 6.45) is 3.52. The number of allylic oxidation sites excluding steroid dienone is 1. The Morgan fingerprint density at radius 3 is 2.61 bits per heavy atom. The van der Waals surface area contributed by atoms with Gasteiger partial charge in [-0.25, -0.2) is 0 Å². The number of hydrogen-bond donors (Lipinski definition) is 0. The molecule has 1 aromatic carbocycles. The van der Waals surface area contributed by atoms with E-state index in [9.17, 15) is 0 Å². The molecule has 0 fully saturated rings. The van der Waals surface area contributed by atoms with Crippen molar-refractivity contribution in [1.29, 1.82) is 0 Å². The van der Waals surface area contributed by atoms with Crippen molar-refractivity contribution < 1.29 is 0 Å². The minimum Gasteiger partial charge on any atom is -0.144 e. The van der Waals surface area contributed by atoms with Gasteiger partial charge >= 0.3 is 0 Å². The summed E-state index contributed by atoms with van der Waals surface area (Å²) in [5, 5.41) is 0. The zero-order valence-corrected chi connectivity index (χ0v) is 12.2. The molecule has 3 rings (SSSR count). The average molecular weight is 254 g/mol. The van der Waals surface area contributed by atoms with Crippen LogP contribution in [-0.2, 0) is 6.42 Å². The molecule has 0 nitrogen and oxygen atoms in total. The maximum absolute atomic E-state index is 2.37. The lowest BCUT2D eigenvalue weighted by Crippen LogP contribution is -1.87. The van der Waals surface area contributed by atoms with Gasteiger partial charge in [0, 0.05) is 21.7 Å². The molecule has 92 valence electrons. The topological polar surface area (TPSA) is 0 Å². The molecule has 1 aromatic heterocycles. The largest absolute Gasteiger partial charge is 0.144 e. The summed E-state index contributed by atoms with van der Waals surface area (Å²) >= 11 is 1.96. The van der Waals surface area contributed by atoms with Crippen molar-refractivity contribution in [2.45, 2.75) is 34.1 Å². The van der Waals surface area contributed by atoms with Crippen LogP contribution >= 0.6 is 11.3 Å². The number of hydrogen-bond acceptors (Lipinski definition) is 1. The molecule has 0 radical (unpaired) electrons. The van der Waals surface area contributed by atoms with Crippen LogP contribution in [0.3, 0.4) is 0 Å². The molecule has 1 aliphatic carbocycles. The van der Waals surface area contributed by atoms with Gasteiger partial charge in [0.1, 0.15) is 0 Å². The third-order valence-corrected chi connectivity index (χ3v) is 4.81. The Hall–Kier alpha value is -1.34. The highest BCUT2D eigenvalue weighted by Crippen LogP contribution is 2.43. The van der Waals surface area contributed by atoms with Gasteiger partial charge in [0.2, 0.25) is 0 Å². The van der Waals surface area contributed by atoms with Crippen LogP contribution in [0.1, 0.15) is 33.4 Å². The van der Waals surface area contributed by atoms with E-state index in [1.807, 2.05) is 11.3 Å². The fraction of sp³-hybridized carbons (Fsp3) is 0.294. The molecule has 0 N–H and O–H groups in total. The van der Waals surface area contributed by atoms with E-state index in [1.54, 1.807) is 4.88 Å². The smallest absolute Gasteiger partial charge is 0.0167 e. The molecule has 0 bridgehead atoms. The molecule has 0 unspecified atom stereocenters. The Kier molecular flexibility index (Phi) is 2.67. The summed E-state index contributed by atoms with van der Waals surface area (Å²) in [7, 11) is 0. The molecule has 0 amide bonds. The molecule has 1 heterocycles. The van der Waals surface area contributed by atoms with Crippen molar-refractivity contribution in [1.82, 2.24) is 0 Å². The maximum atomic E-state index is 2.37. The van der Waals surface area contributed by atoms with Crippen molar-refractivity contribution in [3.63, 3.8) is 0 Å². The van der Waals surface area contributed by atoms with E-state index in [0.717, 1.165) is 6.42 Å². The third kappa shape index (κ3) is 1.74. The zero-order valence-electron chi connectivity index (χ0n) is 11.4. The van der Waals surface area contributed by atoms with Gasteiger partial charge in [0.25, 0.3) is 0 Å². The van der Waals surface area contributed by atoms with Crippen molar-refractivity contribution >= 4 is 17.4 Å². The molecule has 0 saturated carbocycles. The molecule has 0 saturated heterocycles. The molecule has 1 aliphatic rings. The minimum absolute atomic E-state index is 1.14. The van der Waals surface area contributed by atoms with Crippen LogP contribution in [0.25, 0.3) is 17.2 Å².